The van der Waals surface area contributed by atoms with E-state index in [1.165, 1.54) is 0 Å². The van der Waals surface area contributed by atoms with Crippen molar-refractivity contribution in [3.8, 4) is 0 Å². The van der Waals surface area contributed by atoms with E-state index in [1.807, 2.05) is 6.92 Å². The molecule has 0 aromatic carbocycles. The third-order valence-electron chi connectivity index (χ3n) is 0.595. The van der Waals surface area contributed by atoms with E-state index in [1.54, 1.807) is 11.8 Å². The predicted molar refractivity (Wildman–Crippen MR) is 42.9 cm³/mol. The summed E-state index contributed by atoms with van der Waals surface area (Å²) in [7, 11) is 0. The van der Waals surface area contributed by atoms with Crippen LogP contribution in [0, 0.1) is 0 Å². The Morgan fingerprint density at radius 3 is 2.75 bits per heavy atom. The van der Waals surface area contributed by atoms with Crippen LogP contribution in [-0.2, 0) is 0 Å². The molecule has 1 N–H and O–H groups in total. The first-order valence-electron chi connectivity index (χ1n) is 2.64. The summed E-state index contributed by atoms with van der Waals surface area (Å²) in [6.45, 7) is 2.33. The second-order valence-corrected chi connectivity index (χ2v) is 3.68. The second-order valence-electron chi connectivity index (χ2n) is 1.65. The lowest BCUT2D eigenvalue weighted by Gasteiger charge is -1.99. The van der Waals surface area contributed by atoms with Crippen molar-refractivity contribution in [2.24, 2.45) is 0 Å². The molecule has 1 unspecified atom stereocenters. The summed E-state index contributed by atoms with van der Waals surface area (Å²) < 4.78 is 0. The first kappa shape index (κ1) is 8.66. The maximum absolute atomic E-state index is 8.33. The van der Waals surface area contributed by atoms with Crippen LogP contribution in [-0.4, -0.2) is 28.5 Å². The Labute approximate surface area is 60.3 Å². The van der Waals surface area contributed by atoms with Crippen LogP contribution < -0.4 is 0 Å². The number of hydrogen-bond donors (Lipinski definition) is 2. The molecule has 0 saturated carbocycles. The van der Waals surface area contributed by atoms with Crippen molar-refractivity contribution in [2.75, 3.05) is 18.1 Å². The fourth-order valence-corrected chi connectivity index (χ4v) is 1.27. The highest BCUT2D eigenvalue weighted by Crippen LogP contribution is 2.04. The van der Waals surface area contributed by atoms with E-state index in [0.29, 0.717) is 5.25 Å². The van der Waals surface area contributed by atoms with Crippen molar-refractivity contribution in [3.63, 3.8) is 0 Å². The van der Waals surface area contributed by atoms with E-state index in [9.17, 15) is 0 Å². The zero-order valence-electron chi connectivity index (χ0n) is 5.00. The Kier molecular flexibility index (Phi) is 6.27. The molecule has 0 amide bonds. The van der Waals surface area contributed by atoms with Gasteiger partial charge in [0, 0.05) is 16.8 Å². The molecule has 0 rings (SSSR count). The van der Waals surface area contributed by atoms with Gasteiger partial charge >= 0.3 is 0 Å². The SMILES string of the molecule is CC(S)CSCCO. The molecule has 3 heteroatoms. The molecule has 0 aliphatic rings. The van der Waals surface area contributed by atoms with Gasteiger partial charge in [0.1, 0.15) is 0 Å². The summed E-state index contributed by atoms with van der Waals surface area (Å²) in [6, 6.07) is 0. The molecule has 0 bridgehead atoms. The highest BCUT2D eigenvalue weighted by molar-refractivity contribution is 8.00. The Morgan fingerprint density at radius 2 is 2.38 bits per heavy atom. The van der Waals surface area contributed by atoms with Crippen molar-refractivity contribution in [2.45, 2.75) is 12.2 Å². The third kappa shape index (κ3) is 6.66. The highest BCUT2D eigenvalue weighted by Gasteiger charge is 1.91. The van der Waals surface area contributed by atoms with Crippen molar-refractivity contribution in [3.05, 3.63) is 0 Å². The van der Waals surface area contributed by atoms with Crippen molar-refractivity contribution >= 4 is 24.4 Å². The molecule has 0 heterocycles. The van der Waals surface area contributed by atoms with Gasteiger partial charge in [-0.15, -0.1) is 0 Å². The Morgan fingerprint density at radius 1 is 1.75 bits per heavy atom. The maximum Gasteiger partial charge on any atom is 0.0521 e. The Balaban J connectivity index is 2.72. The molecule has 0 aliphatic heterocycles. The minimum Gasteiger partial charge on any atom is -0.396 e. The summed E-state index contributed by atoms with van der Waals surface area (Å²) in [5, 5.41) is 8.78. The maximum atomic E-state index is 8.33. The average molecular weight is 152 g/mol. The fraction of sp³-hybridized carbons (Fsp3) is 1.00. The summed E-state index contributed by atoms with van der Waals surface area (Å²) >= 11 is 5.90. The average Bonchev–Trinajstić information content (AvgIpc) is 1.66. The molecule has 8 heavy (non-hydrogen) atoms. The van der Waals surface area contributed by atoms with Gasteiger partial charge in [0.25, 0.3) is 0 Å². The van der Waals surface area contributed by atoms with Crippen molar-refractivity contribution in [1.29, 1.82) is 0 Å². The smallest absolute Gasteiger partial charge is 0.0521 e. The van der Waals surface area contributed by atoms with E-state index in [-0.39, 0.29) is 6.61 Å². The molecule has 0 spiro atoms. The number of thioether (sulfide) groups is 1. The number of aliphatic hydroxyl groups is 1. The van der Waals surface area contributed by atoms with Crippen molar-refractivity contribution in [1.82, 2.24) is 0 Å². The van der Waals surface area contributed by atoms with Crippen LogP contribution in [0.2, 0.25) is 0 Å². The summed E-state index contributed by atoms with van der Waals surface area (Å²) in [5.41, 5.74) is 0. The summed E-state index contributed by atoms with van der Waals surface area (Å²) in [5.74, 6) is 1.87. The lowest BCUT2D eigenvalue weighted by molar-refractivity contribution is 0.322. The minimum atomic E-state index is 0.283. The second kappa shape index (κ2) is 5.79. The van der Waals surface area contributed by atoms with Gasteiger partial charge in [0.2, 0.25) is 0 Å². The van der Waals surface area contributed by atoms with E-state index >= 15 is 0 Å². The number of aliphatic hydroxyl groups excluding tert-OH is 1. The zero-order valence-corrected chi connectivity index (χ0v) is 6.71. The van der Waals surface area contributed by atoms with Crippen LogP contribution >= 0.6 is 24.4 Å². The quantitative estimate of drug-likeness (QED) is 0.463. The molecule has 0 aliphatic carbocycles. The van der Waals surface area contributed by atoms with Gasteiger partial charge in [-0.05, 0) is 0 Å². The topological polar surface area (TPSA) is 20.2 Å². The number of rotatable bonds is 4. The van der Waals surface area contributed by atoms with Gasteiger partial charge in [0.05, 0.1) is 6.61 Å². The standard InChI is InChI=1S/C5H12OS2/c1-5(7)4-8-3-2-6/h5-7H,2-4H2,1H3. The van der Waals surface area contributed by atoms with Crippen LogP contribution in [0.25, 0.3) is 0 Å². The minimum absolute atomic E-state index is 0.283. The molecule has 0 aromatic rings. The van der Waals surface area contributed by atoms with Gasteiger partial charge in [-0.1, -0.05) is 6.92 Å². The van der Waals surface area contributed by atoms with Gasteiger partial charge in [0.15, 0.2) is 0 Å². The number of thiol groups is 1. The van der Waals surface area contributed by atoms with Crippen LogP contribution in [0.4, 0.5) is 0 Å². The van der Waals surface area contributed by atoms with Gasteiger partial charge in [-0.2, -0.15) is 24.4 Å². The third-order valence-corrected chi connectivity index (χ3v) is 2.23. The van der Waals surface area contributed by atoms with Gasteiger partial charge in [-0.3, -0.25) is 0 Å². The molecule has 50 valence electrons. The molecular formula is C5H12OS2. The van der Waals surface area contributed by atoms with E-state index in [0.717, 1.165) is 11.5 Å². The zero-order chi connectivity index (χ0) is 6.41. The van der Waals surface area contributed by atoms with Crippen LogP contribution in [0.3, 0.4) is 0 Å². The fourth-order valence-electron chi connectivity index (χ4n) is 0.318. The lowest BCUT2D eigenvalue weighted by atomic mass is 10.6. The molecule has 0 fully saturated rings. The highest BCUT2D eigenvalue weighted by atomic mass is 32.2. The van der Waals surface area contributed by atoms with Crippen LogP contribution in [0.5, 0.6) is 0 Å². The normalized spacial score (nSPS) is 13.9. The first-order chi connectivity index (χ1) is 3.77. The summed E-state index contributed by atoms with van der Waals surface area (Å²) in [6.07, 6.45) is 0. The van der Waals surface area contributed by atoms with E-state index in [2.05, 4.69) is 12.6 Å². The largest absolute Gasteiger partial charge is 0.396 e. The monoisotopic (exact) mass is 152 g/mol. The predicted octanol–water partition coefficient (Wildman–Crippen LogP) is 1.03. The molecular weight excluding hydrogens is 140 g/mol. The molecule has 0 aromatic heterocycles. The van der Waals surface area contributed by atoms with Crippen molar-refractivity contribution < 1.29 is 5.11 Å². The first-order valence-corrected chi connectivity index (χ1v) is 4.31. The number of hydrogen-bond acceptors (Lipinski definition) is 3. The van der Waals surface area contributed by atoms with Crippen LogP contribution in [0.15, 0.2) is 0 Å². The van der Waals surface area contributed by atoms with Gasteiger partial charge in [-0.25, -0.2) is 0 Å². The molecule has 1 atom stereocenters. The van der Waals surface area contributed by atoms with E-state index in [4.69, 9.17) is 5.11 Å². The molecule has 0 saturated heterocycles. The van der Waals surface area contributed by atoms with Crippen LogP contribution in [0.1, 0.15) is 6.92 Å². The Bertz CT molecular complexity index is 47.7. The molecule has 0 radical (unpaired) electrons. The lowest BCUT2D eigenvalue weighted by Crippen LogP contribution is -1.97. The molecule has 1 nitrogen and oxygen atoms in total. The summed E-state index contributed by atoms with van der Waals surface area (Å²) in [4.78, 5) is 0. The van der Waals surface area contributed by atoms with Gasteiger partial charge < -0.3 is 5.11 Å². The Hall–Kier alpha value is 0.660. The van der Waals surface area contributed by atoms with E-state index < -0.39 is 0 Å².